The number of furan rings is 1. The van der Waals surface area contributed by atoms with Crippen molar-refractivity contribution in [2.75, 3.05) is 25.0 Å². The molecule has 1 atom stereocenters. The Balaban J connectivity index is 1.33. The largest absolute Gasteiger partial charge is 0.467 e. The highest BCUT2D eigenvalue weighted by Gasteiger charge is 2.34. The minimum atomic E-state index is -0.395. The highest BCUT2D eigenvalue weighted by molar-refractivity contribution is 5.98. The summed E-state index contributed by atoms with van der Waals surface area (Å²) in [5, 5.41) is 2.85. The maximum Gasteiger partial charge on any atom is 0.253 e. The molecular formula is C21H23N3O4. The zero-order valence-electron chi connectivity index (χ0n) is 15.6. The lowest BCUT2D eigenvalue weighted by Gasteiger charge is -2.16. The molecule has 2 fully saturated rings. The van der Waals surface area contributed by atoms with Crippen LogP contribution in [0, 0.1) is 5.92 Å². The van der Waals surface area contributed by atoms with Crippen LogP contribution in [0.5, 0.6) is 0 Å². The van der Waals surface area contributed by atoms with Gasteiger partial charge in [0.1, 0.15) is 5.76 Å². The Hall–Kier alpha value is -3.09. The lowest BCUT2D eigenvalue weighted by molar-refractivity contribution is -0.128. The quantitative estimate of drug-likeness (QED) is 0.863. The predicted octanol–water partition coefficient (Wildman–Crippen LogP) is 2.50. The van der Waals surface area contributed by atoms with Gasteiger partial charge >= 0.3 is 0 Å². The van der Waals surface area contributed by atoms with Crippen molar-refractivity contribution in [3.63, 3.8) is 0 Å². The minimum Gasteiger partial charge on any atom is -0.467 e. The molecule has 4 rings (SSSR count). The van der Waals surface area contributed by atoms with Crippen molar-refractivity contribution < 1.29 is 18.8 Å². The molecule has 2 aromatic rings. The fourth-order valence-electron chi connectivity index (χ4n) is 3.73. The normalized spacial score (nSPS) is 19.3. The van der Waals surface area contributed by atoms with Gasteiger partial charge in [0.25, 0.3) is 5.91 Å². The summed E-state index contributed by atoms with van der Waals surface area (Å²) in [4.78, 5) is 40.6. The van der Waals surface area contributed by atoms with E-state index in [0.29, 0.717) is 30.1 Å². The molecule has 28 heavy (non-hydrogen) atoms. The van der Waals surface area contributed by atoms with Gasteiger partial charge in [0, 0.05) is 37.3 Å². The van der Waals surface area contributed by atoms with Crippen LogP contribution < -0.4 is 5.32 Å². The number of carbonyl (C=O) groups excluding carboxylic acids is 3. The standard InChI is InChI=1S/C21H23N3O4/c25-19-12-16(13-24(19)14-18-4-3-11-28-18)20(26)22-17-7-5-15(6-8-17)21(27)23-9-1-2-10-23/h3-8,11,16H,1-2,9-10,12-14H2,(H,22,26)/t16-/m0/s1. The Morgan fingerprint density at radius 3 is 2.54 bits per heavy atom. The molecule has 0 unspecified atom stereocenters. The summed E-state index contributed by atoms with van der Waals surface area (Å²) in [6, 6.07) is 10.5. The Morgan fingerprint density at radius 2 is 1.86 bits per heavy atom. The molecule has 0 aliphatic carbocycles. The van der Waals surface area contributed by atoms with Crippen LogP contribution in [-0.2, 0) is 16.1 Å². The number of nitrogens with zero attached hydrogens (tertiary/aromatic N) is 2. The Kier molecular flexibility index (Phi) is 5.14. The molecule has 7 heteroatoms. The lowest BCUT2D eigenvalue weighted by atomic mass is 10.1. The van der Waals surface area contributed by atoms with E-state index >= 15 is 0 Å². The van der Waals surface area contributed by atoms with Gasteiger partial charge in [-0.25, -0.2) is 0 Å². The van der Waals surface area contributed by atoms with Crippen LogP contribution in [0.3, 0.4) is 0 Å². The first kappa shape index (κ1) is 18.3. The first-order valence-electron chi connectivity index (χ1n) is 9.60. The smallest absolute Gasteiger partial charge is 0.253 e. The van der Waals surface area contributed by atoms with Gasteiger partial charge in [-0.1, -0.05) is 0 Å². The average molecular weight is 381 g/mol. The van der Waals surface area contributed by atoms with Gasteiger partial charge in [0.15, 0.2) is 0 Å². The predicted molar refractivity (Wildman–Crippen MR) is 102 cm³/mol. The molecule has 2 aliphatic rings. The molecule has 0 radical (unpaired) electrons. The van der Waals surface area contributed by atoms with Crippen molar-refractivity contribution >= 4 is 23.4 Å². The summed E-state index contributed by atoms with van der Waals surface area (Å²) in [5.41, 5.74) is 1.25. The van der Waals surface area contributed by atoms with E-state index in [1.165, 1.54) is 0 Å². The second-order valence-electron chi connectivity index (χ2n) is 7.32. The van der Waals surface area contributed by atoms with E-state index in [2.05, 4.69) is 5.32 Å². The first-order chi connectivity index (χ1) is 13.6. The summed E-state index contributed by atoms with van der Waals surface area (Å²) in [6.45, 7) is 2.36. The fraction of sp³-hybridized carbons (Fsp3) is 0.381. The SMILES string of the molecule is O=C(Nc1ccc(C(=O)N2CCCC2)cc1)[C@H]1CC(=O)N(Cc2ccco2)C1. The molecule has 0 spiro atoms. The summed E-state index contributed by atoms with van der Waals surface area (Å²) in [7, 11) is 0. The Bertz CT molecular complexity index is 854. The van der Waals surface area contributed by atoms with E-state index in [0.717, 1.165) is 25.9 Å². The topological polar surface area (TPSA) is 82.9 Å². The molecule has 7 nitrogen and oxygen atoms in total. The van der Waals surface area contributed by atoms with Gasteiger partial charge in [-0.15, -0.1) is 0 Å². The van der Waals surface area contributed by atoms with Gasteiger partial charge in [0.2, 0.25) is 11.8 Å². The maximum atomic E-state index is 12.5. The van der Waals surface area contributed by atoms with Crippen molar-refractivity contribution in [2.24, 2.45) is 5.92 Å². The van der Waals surface area contributed by atoms with Crippen LogP contribution >= 0.6 is 0 Å². The van der Waals surface area contributed by atoms with E-state index in [4.69, 9.17) is 4.42 Å². The lowest BCUT2D eigenvalue weighted by Crippen LogP contribution is -2.28. The van der Waals surface area contributed by atoms with Gasteiger partial charge in [-0.3, -0.25) is 14.4 Å². The molecule has 0 bridgehead atoms. The van der Waals surface area contributed by atoms with Crippen molar-refractivity contribution in [1.82, 2.24) is 9.80 Å². The number of rotatable bonds is 5. The van der Waals surface area contributed by atoms with Crippen LogP contribution in [0.2, 0.25) is 0 Å². The Morgan fingerprint density at radius 1 is 1.11 bits per heavy atom. The summed E-state index contributed by atoms with van der Waals surface area (Å²) >= 11 is 0. The molecule has 3 heterocycles. The second kappa shape index (κ2) is 7.88. The number of carbonyl (C=O) groups is 3. The Labute approximate surface area is 163 Å². The van der Waals surface area contributed by atoms with Crippen LogP contribution in [0.1, 0.15) is 35.4 Å². The number of hydrogen-bond donors (Lipinski definition) is 1. The number of benzene rings is 1. The van der Waals surface area contributed by atoms with Crippen LogP contribution in [0.25, 0.3) is 0 Å². The van der Waals surface area contributed by atoms with Crippen LogP contribution in [0.4, 0.5) is 5.69 Å². The van der Waals surface area contributed by atoms with Crippen molar-refractivity contribution in [1.29, 1.82) is 0 Å². The minimum absolute atomic E-state index is 0.0327. The molecule has 2 aliphatic heterocycles. The van der Waals surface area contributed by atoms with E-state index in [9.17, 15) is 14.4 Å². The number of likely N-dealkylation sites (tertiary alicyclic amines) is 2. The second-order valence-corrected chi connectivity index (χ2v) is 7.32. The number of anilines is 1. The van der Waals surface area contributed by atoms with Gasteiger partial charge in [-0.2, -0.15) is 0 Å². The third-order valence-electron chi connectivity index (χ3n) is 5.30. The molecule has 0 saturated carbocycles. The monoisotopic (exact) mass is 381 g/mol. The van der Waals surface area contributed by atoms with Gasteiger partial charge < -0.3 is 19.5 Å². The molecule has 1 aromatic carbocycles. The van der Waals surface area contributed by atoms with Crippen LogP contribution in [0.15, 0.2) is 47.1 Å². The maximum absolute atomic E-state index is 12.5. The molecule has 146 valence electrons. The van der Waals surface area contributed by atoms with Crippen molar-refractivity contribution in [3.05, 3.63) is 54.0 Å². The highest BCUT2D eigenvalue weighted by Crippen LogP contribution is 2.22. The number of amides is 3. The number of nitrogens with one attached hydrogen (secondary N) is 1. The summed E-state index contributed by atoms with van der Waals surface area (Å²) < 4.78 is 5.28. The molecule has 2 saturated heterocycles. The molecule has 1 aromatic heterocycles. The summed E-state index contributed by atoms with van der Waals surface area (Å²) in [5.74, 6) is 0.100. The molecule has 1 N–H and O–H groups in total. The summed E-state index contributed by atoms with van der Waals surface area (Å²) in [6.07, 6.45) is 3.87. The van der Waals surface area contributed by atoms with Crippen LogP contribution in [-0.4, -0.2) is 47.2 Å². The van der Waals surface area contributed by atoms with Crippen molar-refractivity contribution in [3.8, 4) is 0 Å². The van der Waals surface area contributed by atoms with E-state index in [1.54, 1.807) is 41.5 Å². The molecular weight excluding hydrogens is 358 g/mol. The fourth-order valence-corrected chi connectivity index (χ4v) is 3.73. The first-order valence-corrected chi connectivity index (χ1v) is 9.60. The third-order valence-corrected chi connectivity index (χ3v) is 5.30. The highest BCUT2D eigenvalue weighted by atomic mass is 16.3. The van der Waals surface area contributed by atoms with E-state index in [1.807, 2.05) is 11.0 Å². The van der Waals surface area contributed by atoms with Gasteiger partial charge in [0.05, 0.1) is 18.7 Å². The third kappa shape index (κ3) is 3.93. The molecule has 3 amide bonds. The van der Waals surface area contributed by atoms with E-state index in [-0.39, 0.29) is 24.1 Å². The average Bonchev–Trinajstić information content (AvgIpc) is 3.45. The number of hydrogen-bond acceptors (Lipinski definition) is 4. The zero-order chi connectivity index (χ0) is 19.5. The zero-order valence-corrected chi connectivity index (χ0v) is 15.6. The van der Waals surface area contributed by atoms with Gasteiger partial charge in [-0.05, 0) is 49.2 Å². The van der Waals surface area contributed by atoms with Crippen molar-refractivity contribution in [2.45, 2.75) is 25.8 Å². The van der Waals surface area contributed by atoms with E-state index < -0.39 is 5.92 Å².